The van der Waals surface area contributed by atoms with Crippen LogP contribution < -0.4 is 4.74 Å². The van der Waals surface area contributed by atoms with E-state index in [1.165, 1.54) is 0 Å². The van der Waals surface area contributed by atoms with Gasteiger partial charge in [-0.3, -0.25) is 9.89 Å². The van der Waals surface area contributed by atoms with Crippen LogP contribution in [0.2, 0.25) is 10.2 Å². The van der Waals surface area contributed by atoms with Gasteiger partial charge in [-0.15, -0.1) is 0 Å². The molecule has 0 amide bonds. The first kappa shape index (κ1) is 22.0. The van der Waals surface area contributed by atoms with Crippen molar-refractivity contribution >= 4 is 39.9 Å². The van der Waals surface area contributed by atoms with Crippen molar-refractivity contribution in [2.75, 3.05) is 27.2 Å². The van der Waals surface area contributed by atoms with Gasteiger partial charge in [0.1, 0.15) is 5.75 Å². The fraction of sp³-hybridized carbons (Fsp3) is 0.280. The minimum Gasteiger partial charge on any atom is -0.493 e. The van der Waals surface area contributed by atoms with Gasteiger partial charge in [0.25, 0.3) is 0 Å². The van der Waals surface area contributed by atoms with Crippen LogP contribution in [0.25, 0.3) is 22.0 Å². The molecule has 1 atom stereocenters. The Morgan fingerprint density at radius 1 is 1.24 bits per heavy atom. The maximum Gasteiger partial charge on any atom is 0.171 e. The first-order valence-corrected chi connectivity index (χ1v) is 11.6. The van der Waals surface area contributed by atoms with Gasteiger partial charge in [0, 0.05) is 52.5 Å². The third-order valence-electron chi connectivity index (χ3n) is 6.14. The number of rotatable bonds is 6. The number of halogens is 2. The lowest BCUT2D eigenvalue weighted by Crippen LogP contribution is -2.28. The number of likely N-dealkylation sites (N-methyl/N-ethyl adjacent to an activating group) is 1. The van der Waals surface area contributed by atoms with E-state index in [0.717, 1.165) is 46.4 Å². The van der Waals surface area contributed by atoms with E-state index in [-0.39, 0.29) is 11.7 Å². The minimum absolute atomic E-state index is 0.0864. The first-order valence-electron chi connectivity index (χ1n) is 10.8. The molecule has 0 saturated carbocycles. The number of ether oxygens (including phenoxy) is 1. The molecule has 1 aliphatic rings. The van der Waals surface area contributed by atoms with Gasteiger partial charge < -0.3 is 14.2 Å². The van der Waals surface area contributed by atoms with Crippen molar-refractivity contribution in [3.63, 3.8) is 0 Å². The molecule has 33 heavy (non-hydrogen) atoms. The van der Waals surface area contributed by atoms with Gasteiger partial charge in [-0.25, -0.2) is 0 Å². The lowest BCUT2D eigenvalue weighted by molar-refractivity contribution is 0.0856. The number of aromatic amines is 1. The highest BCUT2D eigenvalue weighted by Gasteiger charge is 2.29. The number of aromatic nitrogens is 3. The first-order chi connectivity index (χ1) is 15.9. The lowest BCUT2D eigenvalue weighted by atomic mass is 9.89. The van der Waals surface area contributed by atoms with Gasteiger partial charge in [-0.2, -0.15) is 5.10 Å². The van der Waals surface area contributed by atoms with E-state index in [1.54, 1.807) is 6.20 Å². The molecule has 0 radical (unpaired) electrons. The second kappa shape index (κ2) is 8.86. The van der Waals surface area contributed by atoms with Crippen molar-refractivity contribution < 1.29 is 9.53 Å². The summed E-state index contributed by atoms with van der Waals surface area (Å²) in [6.07, 6.45) is 4.37. The molecule has 2 aromatic heterocycles. The second-order valence-electron chi connectivity index (χ2n) is 8.69. The molecule has 0 spiro atoms. The summed E-state index contributed by atoms with van der Waals surface area (Å²) in [7, 11) is 4.08. The van der Waals surface area contributed by atoms with Crippen molar-refractivity contribution in [1.82, 2.24) is 19.7 Å². The zero-order valence-corrected chi connectivity index (χ0v) is 20.0. The van der Waals surface area contributed by atoms with E-state index in [1.807, 2.05) is 50.6 Å². The zero-order valence-electron chi connectivity index (χ0n) is 18.4. The molecule has 0 saturated heterocycles. The number of nitrogens with zero attached hydrogens (tertiary/aromatic N) is 3. The molecule has 5 rings (SSSR count). The number of nitrogens with one attached hydrogen (secondary N) is 1. The Bertz CT molecular complexity index is 1340. The summed E-state index contributed by atoms with van der Waals surface area (Å²) in [4.78, 5) is 15.8. The summed E-state index contributed by atoms with van der Waals surface area (Å²) in [6.45, 7) is 1.98. The minimum atomic E-state index is -0.258. The maximum absolute atomic E-state index is 13.7. The number of fused-ring (bicyclic) bond motifs is 2. The zero-order chi connectivity index (χ0) is 23.1. The summed E-state index contributed by atoms with van der Waals surface area (Å²) < 4.78 is 8.04. The molecule has 0 aliphatic carbocycles. The van der Waals surface area contributed by atoms with Crippen LogP contribution in [-0.4, -0.2) is 52.7 Å². The van der Waals surface area contributed by atoms with Crippen LogP contribution in [0.1, 0.15) is 15.9 Å². The van der Waals surface area contributed by atoms with E-state index in [9.17, 15) is 4.79 Å². The van der Waals surface area contributed by atoms with Crippen molar-refractivity contribution in [3.8, 4) is 16.9 Å². The molecule has 4 aromatic rings. The SMILES string of the molecule is CN(C)CCn1cc(C(=O)C2COc3ccc(Cl)cc3C2)c2ccc(-c3c[nH]nc3Cl)cc21. The van der Waals surface area contributed by atoms with Crippen LogP contribution in [0.4, 0.5) is 0 Å². The smallest absolute Gasteiger partial charge is 0.171 e. The molecule has 1 aliphatic heterocycles. The van der Waals surface area contributed by atoms with Crippen LogP contribution in [-0.2, 0) is 13.0 Å². The van der Waals surface area contributed by atoms with Crippen LogP contribution in [0.5, 0.6) is 5.75 Å². The van der Waals surface area contributed by atoms with E-state index >= 15 is 0 Å². The Morgan fingerprint density at radius 2 is 2.09 bits per heavy atom. The Labute approximate surface area is 202 Å². The van der Waals surface area contributed by atoms with E-state index in [0.29, 0.717) is 28.8 Å². The molecular weight excluding hydrogens is 459 g/mol. The lowest BCUT2D eigenvalue weighted by Gasteiger charge is -2.24. The Kier molecular flexibility index (Phi) is 5.91. The molecule has 3 heterocycles. The number of H-pyrrole nitrogens is 1. The third-order valence-corrected chi connectivity index (χ3v) is 6.66. The second-order valence-corrected chi connectivity index (χ2v) is 9.48. The summed E-state index contributed by atoms with van der Waals surface area (Å²) in [5.41, 5.74) is 4.47. The number of hydrogen-bond acceptors (Lipinski definition) is 4. The average molecular weight is 483 g/mol. The highest BCUT2D eigenvalue weighted by Crippen LogP contribution is 2.35. The standard InChI is InChI=1S/C25H24Cl2N4O2/c1-30(2)7-8-31-13-21(19-5-3-15(11-22(19)31)20-12-28-29-25(20)27)24(32)17-9-16-10-18(26)4-6-23(16)33-14-17/h3-6,10-13,17H,7-9,14H2,1-2H3,(H,28,29). The summed E-state index contributed by atoms with van der Waals surface area (Å²) in [5.74, 6) is 0.633. The van der Waals surface area contributed by atoms with Crippen LogP contribution in [0, 0.1) is 5.92 Å². The number of benzene rings is 2. The Balaban J connectivity index is 1.53. The van der Waals surface area contributed by atoms with Crippen molar-refractivity contribution in [2.24, 2.45) is 5.92 Å². The van der Waals surface area contributed by atoms with E-state index in [4.69, 9.17) is 27.9 Å². The van der Waals surface area contributed by atoms with Crippen molar-refractivity contribution in [1.29, 1.82) is 0 Å². The fourth-order valence-corrected chi connectivity index (χ4v) is 4.78. The number of ketones is 1. The molecular formula is C25H24Cl2N4O2. The van der Waals surface area contributed by atoms with Crippen LogP contribution in [0.3, 0.4) is 0 Å². The van der Waals surface area contributed by atoms with Crippen LogP contribution in [0.15, 0.2) is 48.8 Å². The van der Waals surface area contributed by atoms with E-state index < -0.39 is 0 Å². The summed E-state index contributed by atoms with van der Waals surface area (Å²) in [6, 6.07) is 11.6. The predicted molar refractivity (Wildman–Crippen MR) is 132 cm³/mol. The molecule has 1 unspecified atom stereocenters. The number of carbonyl (C=O) groups is 1. The van der Waals surface area contributed by atoms with Crippen molar-refractivity contribution in [3.05, 3.63) is 70.1 Å². The summed E-state index contributed by atoms with van der Waals surface area (Å²) in [5, 5.41) is 8.83. The molecule has 170 valence electrons. The fourth-order valence-electron chi connectivity index (χ4n) is 4.38. The van der Waals surface area contributed by atoms with Gasteiger partial charge in [0.2, 0.25) is 0 Å². The number of Topliss-reactive ketones (excluding diaryl/α,β-unsaturated/α-hetero) is 1. The average Bonchev–Trinajstić information content (AvgIpc) is 3.39. The van der Waals surface area contributed by atoms with Gasteiger partial charge in [-0.05, 0) is 55.9 Å². The quantitative estimate of drug-likeness (QED) is 0.377. The van der Waals surface area contributed by atoms with Gasteiger partial charge in [-0.1, -0.05) is 35.3 Å². The molecule has 0 bridgehead atoms. The normalized spacial score (nSPS) is 15.6. The Hall–Kier alpha value is -2.80. The largest absolute Gasteiger partial charge is 0.493 e. The highest BCUT2D eigenvalue weighted by atomic mass is 35.5. The maximum atomic E-state index is 13.7. The molecule has 6 nitrogen and oxygen atoms in total. The van der Waals surface area contributed by atoms with Gasteiger partial charge in [0.15, 0.2) is 10.9 Å². The monoisotopic (exact) mass is 482 g/mol. The third kappa shape index (κ3) is 4.26. The Morgan fingerprint density at radius 3 is 2.85 bits per heavy atom. The summed E-state index contributed by atoms with van der Waals surface area (Å²) >= 11 is 12.4. The molecule has 8 heteroatoms. The molecule has 2 aromatic carbocycles. The van der Waals surface area contributed by atoms with Gasteiger partial charge in [0.05, 0.1) is 12.5 Å². The van der Waals surface area contributed by atoms with Crippen molar-refractivity contribution in [2.45, 2.75) is 13.0 Å². The van der Waals surface area contributed by atoms with Crippen LogP contribution >= 0.6 is 23.2 Å². The van der Waals surface area contributed by atoms with E-state index in [2.05, 4.69) is 25.7 Å². The molecule has 1 N–H and O–H groups in total. The van der Waals surface area contributed by atoms with Gasteiger partial charge >= 0.3 is 0 Å². The number of carbonyl (C=O) groups excluding carboxylic acids is 1. The topological polar surface area (TPSA) is 63.1 Å². The predicted octanol–water partition coefficient (Wildman–Crippen LogP) is 5.33. The molecule has 0 fully saturated rings. The highest BCUT2D eigenvalue weighted by molar-refractivity contribution is 6.32. The number of hydrogen-bond donors (Lipinski definition) is 1.